The second-order valence-electron chi connectivity index (χ2n) is 6.90. The van der Waals surface area contributed by atoms with Gasteiger partial charge in [0.05, 0.1) is 12.0 Å². The van der Waals surface area contributed by atoms with Gasteiger partial charge in [-0.2, -0.15) is 0 Å². The monoisotopic (exact) mass is 399 g/mol. The molecule has 29 heavy (non-hydrogen) atoms. The lowest BCUT2D eigenvalue weighted by Gasteiger charge is -2.22. The van der Waals surface area contributed by atoms with E-state index in [1.165, 1.54) is 29.8 Å². The molecule has 2 aromatic carbocycles. The number of hydrogen-bond donors (Lipinski definition) is 0. The largest absolute Gasteiger partial charge is 0.497 e. The summed E-state index contributed by atoms with van der Waals surface area (Å²) in [6, 6.07) is 13.8. The van der Waals surface area contributed by atoms with E-state index in [2.05, 4.69) is 17.0 Å². The molecule has 8 nitrogen and oxygen atoms in total. The number of carbonyl (C=O) groups is 1. The van der Waals surface area contributed by atoms with Crippen LogP contribution in [0.2, 0.25) is 0 Å². The number of carbonyl (C=O) groups excluding carboxylic acids is 1. The van der Waals surface area contributed by atoms with Gasteiger partial charge in [0.1, 0.15) is 11.5 Å². The van der Waals surface area contributed by atoms with Gasteiger partial charge in [-0.3, -0.25) is 19.8 Å². The lowest BCUT2D eigenvalue weighted by atomic mass is 10.2. The Hall–Kier alpha value is -3.13. The summed E-state index contributed by atoms with van der Waals surface area (Å²) in [5.41, 5.74) is 1.21. The van der Waals surface area contributed by atoms with Gasteiger partial charge >= 0.3 is 0 Å². The molecule has 0 spiro atoms. The van der Waals surface area contributed by atoms with Gasteiger partial charge < -0.3 is 14.4 Å². The fourth-order valence-electron chi connectivity index (χ4n) is 3.27. The Morgan fingerprint density at radius 3 is 2.34 bits per heavy atom. The molecule has 1 amide bonds. The van der Waals surface area contributed by atoms with Gasteiger partial charge in [0.15, 0.2) is 6.61 Å². The zero-order valence-corrected chi connectivity index (χ0v) is 16.5. The van der Waals surface area contributed by atoms with Crippen LogP contribution in [-0.4, -0.2) is 60.5 Å². The molecule has 1 heterocycles. The highest BCUT2D eigenvalue weighted by molar-refractivity contribution is 5.77. The molecule has 8 heteroatoms. The van der Waals surface area contributed by atoms with E-state index in [0.717, 1.165) is 31.8 Å². The second kappa shape index (κ2) is 9.88. The number of ether oxygens (including phenoxy) is 2. The van der Waals surface area contributed by atoms with Gasteiger partial charge in [-0.25, -0.2) is 0 Å². The van der Waals surface area contributed by atoms with E-state index >= 15 is 0 Å². The maximum absolute atomic E-state index is 12.5. The summed E-state index contributed by atoms with van der Waals surface area (Å²) >= 11 is 0. The number of hydrogen-bond acceptors (Lipinski definition) is 6. The minimum atomic E-state index is -0.468. The summed E-state index contributed by atoms with van der Waals surface area (Å²) in [6.07, 6.45) is 0.902. The Labute approximate surface area is 169 Å². The minimum absolute atomic E-state index is 0.00635. The topological polar surface area (TPSA) is 85.2 Å². The van der Waals surface area contributed by atoms with E-state index in [0.29, 0.717) is 18.8 Å². The van der Waals surface area contributed by atoms with Crippen molar-refractivity contribution in [2.45, 2.75) is 13.0 Å². The normalized spacial score (nSPS) is 14.9. The molecule has 0 aliphatic carbocycles. The molecule has 1 fully saturated rings. The van der Waals surface area contributed by atoms with Crippen LogP contribution in [0.5, 0.6) is 11.5 Å². The van der Waals surface area contributed by atoms with E-state index in [9.17, 15) is 14.9 Å². The smallest absolute Gasteiger partial charge is 0.269 e. The van der Waals surface area contributed by atoms with Gasteiger partial charge in [-0.1, -0.05) is 12.1 Å². The number of amides is 1. The van der Waals surface area contributed by atoms with Crippen molar-refractivity contribution in [3.05, 3.63) is 64.2 Å². The molecule has 0 bridgehead atoms. The Morgan fingerprint density at radius 1 is 1.00 bits per heavy atom. The Kier molecular flexibility index (Phi) is 7.02. The lowest BCUT2D eigenvalue weighted by Crippen LogP contribution is -2.38. The molecule has 154 valence electrons. The van der Waals surface area contributed by atoms with Crippen LogP contribution in [-0.2, 0) is 11.3 Å². The average Bonchev–Trinajstić information content (AvgIpc) is 2.98. The maximum atomic E-state index is 12.5. The predicted molar refractivity (Wildman–Crippen MR) is 108 cm³/mol. The standard InChI is InChI=1S/C21H25N3O5/c1-28-19-7-3-17(4-8-19)15-22-11-2-12-23(14-13-22)21(25)16-29-20-9-5-18(6-10-20)24(26)27/h3-10H,2,11-16H2,1H3. The van der Waals surface area contributed by atoms with E-state index in [4.69, 9.17) is 9.47 Å². The minimum Gasteiger partial charge on any atom is -0.497 e. The summed E-state index contributed by atoms with van der Waals surface area (Å²) in [6.45, 7) is 3.84. The highest BCUT2D eigenvalue weighted by atomic mass is 16.6. The molecule has 1 saturated heterocycles. The molecule has 0 saturated carbocycles. The third-order valence-corrected chi connectivity index (χ3v) is 4.92. The Bertz CT molecular complexity index is 823. The maximum Gasteiger partial charge on any atom is 0.269 e. The molecule has 0 radical (unpaired) electrons. The third-order valence-electron chi connectivity index (χ3n) is 4.92. The highest BCUT2D eigenvalue weighted by Crippen LogP contribution is 2.18. The average molecular weight is 399 g/mol. The summed E-state index contributed by atoms with van der Waals surface area (Å²) in [5, 5.41) is 10.7. The first kappa shape index (κ1) is 20.6. The number of rotatable bonds is 7. The number of benzene rings is 2. The summed E-state index contributed by atoms with van der Waals surface area (Å²) in [5.74, 6) is 1.21. The SMILES string of the molecule is COc1ccc(CN2CCCN(C(=O)COc3ccc([N+](=O)[O-])cc3)CC2)cc1. The van der Waals surface area contributed by atoms with Crippen molar-refractivity contribution < 1.29 is 19.2 Å². The van der Waals surface area contributed by atoms with Crippen LogP contribution in [0.15, 0.2) is 48.5 Å². The molecular formula is C21H25N3O5. The molecule has 3 rings (SSSR count). The van der Waals surface area contributed by atoms with Crippen LogP contribution in [0.1, 0.15) is 12.0 Å². The van der Waals surface area contributed by atoms with Crippen molar-refractivity contribution in [2.24, 2.45) is 0 Å². The van der Waals surface area contributed by atoms with Crippen LogP contribution in [0.4, 0.5) is 5.69 Å². The van der Waals surface area contributed by atoms with Crippen molar-refractivity contribution >= 4 is 11.6 Å². The van der Waals surface area contributed by atoms with E-state index in [1.54, 1.807) is 7.11 Å². The van der Waals surface area contributed by atoms with Crippen LogP contribution >= 0.6 is 0 Å². The van der Waals surface area contributed by atoms with Crippen molar-refractivity contribution in [3.63, 3.8) is 0 Å². The molecule has 0 aromatic heterocycles. The van der Waals surface area contributed by atoms with Crippen LogP contribution < -0.4 is 9.47 Å². The van der Waals surface area contributed by atoms with Gasteiger partial charge in [-0.15, -0.1) is 0 Å². The molecular weight excluding hydrogens is 374 g/mol. The van der Waals surface area contributed by atoms with E-state index in [1.807, 2.05) is 17.0 Å². The fraction of sp³-hybridized carbons (Fsp3) is 0.381. The van der Waals surface area contributed by atoms with Crippen molar-refractivity contribution in [1.29, 1.82) is 0 Å². The van der Waals surface area contributed by atoms with Gasteiger partial charge in [0.2, 0.25) is 0 Å². The Morgan fingerprint density at radius 2 is 1.69 bits per heavy atom. The predicted octanol–water partition coefficient (Wildman–Crippen LogP) is 2.72. The number of methoxy groups -OCH3 is 1. The molecule has 2 aromatic rings. The van der Waals surface area contributed by atoms with Crippen molar-refractivity contribution in [1.82, 2.24) is 9.80 Å². The van der Waals surface area contributed by atoms with E-state index in [-0.39, 0.29) is 18.2 Å². The molecule has 1 aliphatic heterocycles. The van der Waals surface area contributed by atoms with Crippen LogP contribution in [0.3, 0.4) is 0 Å². The van der Waals surface area contributed by atoms with Crippen molar-refractivity contribution in [3.8, 4) is 11.5 Å². The van der Waals surface area contributed by atoms with Gasteiger partial charge in [-0.05, 0) is 36.2 Å². The summed E-state index contributed by atoms with van der Waals surface area (Å²) < 4.78 is 10.7. The second-order valence-corrected chi connectivity index (χ2v) is 6.90. The fourth-order valence-corrected chi connectivity index (χ4v) is 3.27. The number of nitro benzene ring substituents is 1. The molecule has 1 aliphatic rings. The first-order chi connectivity index (χ1) is 14.0. The molecule has 0 N–H and O–H groups in total. The van der Waals surface area contributed by atoms with Crippen LogP contribution in [0.25, 0.3) is 0 Å². The number of nitrogens with zero attached hydrogens (tertiary/aromatic N) is 3. The lowest BCUT2D eigenvalue weighted by molar-refractivity contribution is -0.384. The summed E-state index contributed by atoms with van der Waals surface area (Å²) in [7, 11) is 1.65. The van der Waals surface area contributed by atoms with Crippen LogP contribution in [0, 0.1) is 10.1 Å². The zero-order chi connectivity index (χ0) is 20.6. The van der Waals surface area contributed by atoms with Crippen molar-refractivity contribution in [2.75, 3.05) is 39.9 Å². The molecule has 0 unspecified atom stereocenters. The van der Waals surface area contributed by atoms with Gasteiger partial charge in [0.25, 0.3) is 11.6 Å². The number of nitro groups is 1. The Balaban J connectivity index is 1.46. The third kappa shape index (κ3) is 5.92. The summed E-state index contributed by atoms with van der Waals surface area (Å²) in [4.78, 5) is 26.9. The first-order valence-corrected chi connectivity index (χ1v) is 9.55. The first-order valence-electron chi connectivity index (χ1n) is 9.55. The molecule has 0 atom stereocenters. The highest BCUT2D eigenvalue weighted by Gasteiger charge is 2.19. The van der Waals surface area contributed by atoms with E-state index < -0.39 is 4.92 Å². The van der Waals surface area contributed by atoms with Gasteiger partial charge in [0, 0.05) is 44.9 Å². The quantitative estimate of drug-likeness (QED) is 0.526. The number of non-ortho nitro benzene ring substituents is 1. The zero-order valence-electron chi connectivity index (χ0n) is 16.5.